The number of hydrogen-bond acceptors (Lipinski definition) is 2. The zero-order valence-electron chi connectivity index (χ0n) is 10.7. The maximum absolute atomic E-state index is 10.5. The molecule has 0 saturated heterocycles. The average molecular weight is 437 g/mol. The Hall–Kier alpha value is 1.15. The van der Waals surface area contributed by atoms with Gasteiger partial charge in [-0.3, -0.25) is 0 Å². The van der Waals surface area contributed by atoms with E-state index >= 15 is 0 Å². The molecule has 2 N–H and O–H groups in total. The number of hydrogen-bond donors (Lipinski definition) is 2. The molecule has 0 rings (SSSR count). The van der Waals surface area contributed by atoms with Crippen LogP contribution in [0.5, 0.6) is 0 Å². The van der Waals surface area contributed by atoms with Crippen molar-refractivity contribution in [2.75, 3.05) is 0 Å². The van der Waals surface area contributed by atoms with Crippen molar-refractivity contribution in [1.82, 2.24) is 0 Å². The molecule has 0 aliphatic carbocycles. The normalized spacial score (nSPS) is 13.6. The molecule has 0 radical (unpaired) electrons. The molecule has 1 atom stereocenters. The van der Waals surface area contributed by atoms with Crippen molar-refractivity contribution in [3.05, 3.63) is 0 Å². The Bertz CT molecular complexity index is 159. The molecular formula is C12H25ClHgO2. The van der Waals surface area contributed by atoms with Crippen LogP contribution in [0.15, 0.2) is 0 Å². The maximum atomic E-state index is 10.5. The second-order valence-corrected chi connectivity index (χ2v) is 11.8. The van der Waals surface area contributed by atoms with Crippen LogP contribution in [0.3, 0.4) is 0 Å². The monoisotopic (exact) mass is 438 g/mol. The standard InChI is InChI=1S/C12H25O2.ClH.Hg/c1-4-6-8-12(14,9-7-5-2)10-11(3)13;;/h11,13-14H,3-10H2,1-2H3;1H;/q;;+1/p-1. The zero-order chi connectivity index (χ0) is 12.4. The van der Waals surface area contributed by atoms with E-state index in [4.69, 9.17) is 8.25 Å². The van der Waals surface area contributed by atoms with Gasteiger partial charge in [0.25, 0.3) is 0 Å². The molecule has 0 heterocycles. The average Bonchev–Trinajstić information content (AvgIpc) is 2.24. The van der Waals surface area contributed by atoms with Crippen LogP contribution in [0, 0.1) is 0 Å². The van der Waals surface area contributed by atoms with E-state index < -0.39 is 28.9 Å². The van der Waals surface area contributed by atoms with Gasteiger partial charge in [-0.05, 0) is 0 Å². The van der Waals surface area contributed by atoms with Crippen LogP contribution in [0.2, 0.25) is 3.93 Å². The summed E-state index contributed by atoms with van der Waals surface area (Å²) in [7, 11) is 5.81. The zero-order valence-corrected chi connectivity index (χ0v) is 17.0. The van der Waals surface area contributed by atoms with Crippen molar-refractivity contribution >= 4 is 8.25 Å². The molecule has 94 valence electrons. The third-order valence-electron chi connectivity index (χ3n) is 3.05. The van der Waals surface area contributed by atoms with Crippen LogP contribution in [0.1, 0.15) is 58.8 Å². The molecule has 0 bridgehead atoms. The minimum absolute atomic E-state index is 0.363. The molecule has 1 unspecified atom stereocenters. The van der Waals surface area contributed by atoms with E-state index in [1.54, 1.807) is 0 Å². The van der Waals surface area contributed by atoms with Crippen LogP contribution in [-0.2, 0) is 23.3 Å². The molecule has 2 nitrogen and oxygen atoms in total. The van der Waals surface area contributed by atoms with Gasteiger partial charge in [0.15, 0.2) is 0 Å². The van der Waals surface area contributed by atoms with Gasteiger partial charge in [-0.25, -0.2) is 0 Å². The molecule has 0 aromatic rings. The molecule has 4 heteroatoms. The first-order valence-corrected chi connectivity index (χ1v) is 17.2. The first-order valence-electron chi connectivity index (χ1n) is 6.54. The molecule has 0 aliphatic heterocycles. The van der Waals surface area contributed by atoms with Gasteiger partial charge in [-0.2, -0.15) is 0 Å². The van der Waals surface area contributed by atoms with E-state index in [9.17, 15) is 10.2 Å². The third kappa shape index (κ3) is 8.27. The van der Waals surface area contributed by atoms with E-state index in [1.165, 1.54) is 0 Å². The van der Waals surface area contributed by atoms with Gasteiger partial charge in [0.05, 0.1) is 0 Å². The van der Waals surface area contributed by atoms with Gasteiger partial charge in [-0.15, -0.1) is 0 Å². The summed E-state index contributed by atoms with van der Waals surface area (Å²) in [5.41, 5.74) is -0.647. The van der Waals surface area contributed by atoms with Crippen molar-refractivity contribution in [2.24, 2.45) is 0 Å². The number of rotatable bonds is 10. The minimum atomic E-state index is -1.28. The van der Waals surface area contributed by atoms with Crippen LogP contribution < -0.4 is 0 Å². The van der Waals surface area contributed by atoms with Crippen molar-refractivity contribution in [1.29, 1.82) is 0 Å². The van der Waals surface area contributed by atoms with E-state index in [0.717, 1.165) is 42.5 Å². The molecule has 0 spiro atoms. The van der Waals surface area contributed by atoms with Crippen molar-refractivity contribution < 1.29 is 33.6 Å². The second-order valence-electron chi connectivity index (χ2n) is 4.77. The summed E-state index contributed by atoms with van der Waals surface area (Å²) in [4.78, 5) is 0. The summed E-state index contributed by atoms with van der Waals surface area (Å²) in [6.45, 7) is 4.26. The van der Waals surface area contributed by atoms with Crippen molar-refractivity contribution in [3.63, 3.8) is 0 Å². The summed E-state index contributed by atoms with van der Waals surface area (Å²) in [5, 5.41) is 20.3. The molecule has 16 heavy (non-hydrogen) atoms. The van der Waals surface area contributed by atoms with Gasteiger partial charge in [0, 0.05) is 0 Å². The number of halogens is 1. The molecule has 0 amide bonds. The molecule has 0 aromatic heterocycles. The first kappa shape index (κ1) is 17.1. The Morgan fingerprint density at radius 2 is 1.69 bits per heavy atom. The Morgan fingerprint density at radius 3 is 2.06 bits per heavy atom. The first-order chi connectivity index (χ1) is 7.58. The van der Waals surface area contributed by atoms with E-state index in [0.29, 0.717) is 6.42 Å². The predicted octanol–water partition coefficient (Wildman–Crippen LogP) is 3.50. The van der Waals surface area contributed by atoms with Crippen LogP contribution >= 0.6 is 8.25 Å². The number of unbranched alkanes of at least 4 members (excludes halogenated alkanes) is 2. The number of aliphatic hydroxyl groups is 2. The van der Waals surface area contributed by atoms with Crippen molar-refractivity contribution in [2.45, 2.75) is 74.4 Å². The van der Waals surface area contributed by atoms with Gasteiger partial charge in [-0.1, -0.05) is 0 Å². The summed E-state index contributed by atoms with van der Waals surface area (Å²) in [5.74, 6) is 0. The summed E-state index contributed by atoms with van der Waals surface area (Å²) < 4.78 is 0.794. The molecule has 0 aliphatic rings. The Morgan fingerprint density at radius 1 is 1.19 bits per heavy atom. The van der Waals surface area contributed by atoms with Gasteiger partial charge in [0.1, 0.15) is 0 Å². The Labute approximate surface area is 116 Å². The molecule has 0 saturated carbocycles. The van der Waals surface area contributed by atoms with Crippen LogP contribution in [0.4, 0.5) is 0 Å². The second kappa shape index (κ2) is 10.1. The topological polar surface area (TPSA) is 40.5 Å². The number of aliphatic hydroxyl groups excluding tert-OH is 1. The predicted molar refractivity (Wildman–Crippen MR) is 65.3 cm³/mol. The van der Waals surface area contributed by atoms with Crippen LogP contribution in [-0.4, -0.2) is 21.9 Å². The van der Waals surface area contributed by atoms with E-state index in [1.807, 2.05) is 0 Å². The Balaban J connectivity index is 4.15. The van der Waals surface area contributed by atoms with E-state index in [-0.39, 0.29) is 6.10 Å². The fraction of sp³-hybridized carbons (Fsp3) is 1.00. The summed E-state index contributed by atoms with van der Waals surface area (Å²) >= 11 is -1.28. The Kier molecular flexibility index (Phi) is 10.8. The fourth-order valence-electron chi connectivity index (χ4n) is 2.01. The SMILES string of the molecule is CCCCC(O)(CCCC)CC(O)[CH2][Hg][Cl]. The summed E-state index contributed by atoms with van der Waals surface area (Å²) in [6, 6.07) is 0. The van der Waals surface area contributed by atoms with Crippen molar-refractivity contribution in [3.8, 4) is 0 Å². The molecular weight excluding hydrogens is 412 g/mol. The summed E-state index contributed by atoms with van der Waals surface area (Å²) in [6.07, 6.45) is 6.08. The molecule has 0 fully saturated rings. The third-order valence-corrected chi connectivity index (χ3v) is 8.40. The molecule has 0 aromatic carbocycles. The van der Waals surface area contributed by atoms with E-state index in [2.05, 4.69) is 13.8 Å². The van der Waals surface area contributed by atoms with Crippen LogP contribution in [0.25, 0.3) is 0 Å². The van der Waals surface area contributed by atoms with Gasteiger partial charge >= 0.3 is 116 Å². The fourth-order valence-corrected chi connectivity index (χ4v) is 5.99. The van der Waals surface area contributed by atoms with Gasteiger partial charge < -0.3 is 0 Å². The quantitative estimate of drug-likeness (QED) is 0.514. The van der Waals surface area contributed by atoms with Gasteiger partial charge in [0.2, 0.25) is 0 Å².